The number of hydrogen-bond donors (Lipinski definition) is 0. The molecular weight excluding hydrogens is 587 g/mol. The van der Waals surface area contributed by atoms with Gasteiger partial charge in [-0.15, -0.1) is 12.8 Å². The summed E-state index contributed by atoms with van der Waals surface area (Å²) < 4.78 is 0. The fourth-order valence-electron chi connectivity index (χ4n) is 6.74. The van der Waals surface area contributed by atoms with Gasteiger partial charge in [-0.3, -0.25) is 0 Å². The first kappa shape index (κ1) is 35.1. The van der Waals surface area contributed by atoms with Gasteiger partial charge in [0.1, 0.15) is 0 Å². The molecule has 4 heteroatoms. The van der Waals surface area contributed by atoms with Gasteiger partial charge < -0.3 is 24.8 Å². The van der Waals surface area contributed by atoms with Crippen molar-refractivity contribution in [2.45, 2.75) is 99.0 Å². The molecule has 1 aromatic rings. The summed E-state index contributed by atoms with van der Waals surface area (Å²) in [5.74, 6) is 3.33. The minimum absolute atomic E-state index is 0. The van der Waals surface area contributed by atoms with E-state index in [2.05, 4.69) is 96.9 Å². The van der Waals surface area contributed by atoms with Gasteiger partial charge in [-0.2, -0.15) is 0 Å². The van der Waals surface area contributed by atoms with Crippen LogP contribution in [0.4, 0.5) is 0 Å². The van der Waals surface area contributed by atoms with Crippen LogP contribution in [0.25, 0.3) is 0 Å². The molecule has 4 aliphatic carbocycles. The Hall–Kier alpha value is 0.120. The summed E-state index contributed by atoms with van der Waals surface area (Å²) in [7, 11) is 0. The zero-order valence-electron chi connectivity index (χ0n) is 24.2. The SMILES string of the molecule is CC1[CH-]C2=CCCCC(C)(C)C2C1.CC1[CH-]C2=CCCCC(C)(C)C2C1.[Cl-].[Cl-].[Zr+2]=[SiH]Cc1ccccc1. The Morgan fingerprint density at radius 1 is 0.784 bits per heavy atom. The van der Waals surface area contributed by atoms with Gasteiger partial charge in [0.05, 0.1) is 0 Å². The van der Waals surface area contributed by atoms with Crippen molar-refractivity contribution in [2.75, 3.05) is 0 Å². The molecule has 0 heterocycles. The van der Waals surface area contributed by atoms with Crippen molar-refractivity contribution in [3.8, 4) is 0 Å². The third kappa shape index (κ3) is 10.6. The quantitative estimate of drug-likeness (QED) is 0.346. The van der Waals surface area contributed by atoms with E-state index in [9.17, 15) is 0 Å². The van der Waals surface area contributed by atoms with Crippen LogP contribution in [0.15, 0.2) is 53.6 Å². The maximum atomic E-state index is 2.50. The molecule has 2 saturated carbocycles. The molecule has 2 fully saturated rings. The van der Waals surface area contributed by atoms with Crippen molar-refractivity contribution in [3.05, 3.63) is 72.0 Å². The van der Waals surface area contributed by atoms with Crippen molar-refractivity contribution in [1.29, 1.82) is 0 Å². The molecule has 206 valence electrons. The van der Waals surface area contributed by atoms with Crippen LogP contribution < -0.4 is 24.8 Å². The summed E-state index contributed by atoms with van der Waals surface area (Å²) in [6, 6.07) is 12.0. The van der Waals surface area contributed by atoms with Crippen molar-refractivity contribution in [1.82, 2.24) is 0 Å². The summed E-state index contributed by atoms with van der Waals surface area (Å²) in [6.45, 7) is 14.5. The fourth-order valence-corrected chi connectivity index (χ4v) is 8.98. The predicted molar refractivity (Wildman–Crippen MR) is 152 cm³/mol. The van der Waals surface area contributed by atoms with Crippen LogP contribution in [0.3, 0.4) is 0 Å². The first-order chi connectivity index (χ1) is 16.6. The van der Waals surface area contributed by atoms with Crippen LogP contribution in [-0.4, -0.2) is 6.16 Å². The van der Waals surface area contributed by atoms with Crippen molar-refractivity contribution >= 4 is 6.16 Å². The van der Waals surface area contributed by atoms with Gasteiger partial charge in [0.15, 0.2) is 0 Å². The average Bonchev–Trinajstić information content (AvgIpc) is 3.31. The van der Waals surface area contributed by atoms with Crippen LogP contribution in [0.1, 0.15) is 98.5 Å². The molecule has 0 nitrogen and oxygen atoms in total. The second-order valence-corrected chi connectivity index (χ2v) is 16.8. The first-order valence-corrected chi connectivity index (χ1v) is 19.9. The minimum atomic E-state index is 0. The van der Waals surface area contributed by atoms with Crippen molar-refractivity contribution in [3.63, 3.8) is 0 Å². The van der Waals surface area contributed by atoms with E-state index in [1.165, 1.54) is 63.0 Å². The molecule has 1 aromatic carbocycles. The van der Waals surface area contributed by atoms with Gasteiger partial charge in [-0.25, -0.2) is 36.1 Å². The number of fused-ring (bicyclic) bond motifs is 2. The summed E-state index contributed by atoms with van der Waals surface area (Å²) in [4.78, 5) is 0. The van der Waals surface area contributed by atoms with Crippen molar-refractivity contribution in [2.24, 2.45) is 34.5 Å². The normalized spacial score (nSPS) is 28.4. The molecule has 0 saturated heterocycles. The molecule has 0 N–H and O–H groups in total. The molecule has 4 unspecified atom stereocenters. The molecule has 0 amide bonds. The number of halogens is 2. The maximum absolute atomic E-state index is 2.50. The van der Waals surface area contributed by atoms with Gasteiger partial charge in [0.25, 0.3) is 0 Å². The van der Waals surface area contributed by atoms with E-state index in [0.29, 0.717) is 17.0 Å². The van der Waals surface area contributed by atoms with E-state index in [-0.39, 0.29) is 24.8 Å². The predicted octanol–water partition coefficient (Wildman–Crippen LogP) is 3.06. The Bertz CT molecular complexity index is 824. The van der Waals surface area contributed by atoms with E-state index in [1.807, 2.05) is 0 Å². The molecule has 0 radical (unpaired) electrons. The standard InChI is InChI=1S/2C13H21.C7H8Si.2ClH.Zr/c2*1-10-8-11-6-4-5-7-13(2,3)12(11)9-10;8-6-7-4-2-1-3-5-7;;;/h2*6,8,10,12H,4-5,7,9H2,1-3H3;1-5,8H,6H2;2*1H;/q2*-1;;;;+2/p-2. The number of rotatable bonds is 2. The van der Waals surface area contributed by atoms with E-state index < -0.39 is 0 Å². The first-order valence-electron chi connectivity index (χ1n) is 14.2. The zero-order valence-corrected chi connectivity index (χ0v) is 29.3. The zero-order chi connectivity index (χ0) is 25.5. The summed E-state index contributed by atoms with van der Waals surface area (Å²) in [5, 5.41) is 0. The van der Waals surface area contributed by atoms with E-state index in [0.717, 1.165) is 23.7 Å². The van der Waals surface area contributed by atoms with Crippen LogP contribution in [0.5, 0.6) is 0 Å². The molecule has 0 spiro atoms. The van der Waals surface area contributed by atoms with E-state index >= 15 is 0 Å². The van der Waals surface area contributed by atoms with Gasteiger partial charge >= 0.3 is 71.4 Å². The fraction of sp³-hybridized carbons (Fsp3) is 0.636. The third-order valence-corrected chi connectivity index (χ3v) is 11.0. The summed E-state index contributed by atoms with van der Waals surface area (Å²) in [6.07, 6.45) is 21.6. The molecule has 4 atom stereocenters. The van der Waals surface area contributed by atoms with Crippen LogP contribution in [0.2, 0.25) is 0 Å². The van der Waals surface area contributed by atoms with E-state index in [1.54, 1.807) is 34.5 Å². The Morgan fingerprint density at radius 3 is 1.62 bits per heavy atom. The van der Waals surface area contributed by atoms with Gasteiger partial charge in [-0.05, 0) is 35.5 Å². The Balaban J connectivity index is 0.000000275. The van der Waals surface area contributed by atoms with Crippen molar-refractivity contribution < 1.29 is 48.1 Å². The van der Waals surface area contributed by atoms with Crippen LogP contribution >= 0.6 is 0 Å². The number of allylic oxidation sites excluding steroid dienone is 4. The molecular formula is C33H50Cl2SiZr-2. The van der Waals surface area contributed by atoms with Crippen LogP contribution in [-0.2, 0) is 29.4 Å². The average molecular weight is 637 g/mol. The number of hydrogen-bond acceptors (Lipinski definition) is 0. The Kier molecular flexibility index (Phi) is 15.6. The molecule has 37 heavy (non-hydrogen) atoms. The van der Waals surface area contributed by atoms with Gasteiger partial charge in [0.2, 0.25) is 0 Å². The summed E-state index contributed by atoms with van der Waals surface area (Å²) >= 11 is 1.72. The molecule has 0 bridgehead atoms. The van der Waals surface area contributed by atoms with Crippen LogP contribution in [0, 0.1) is 47.3 Å². The third-order valence-electron chi connectivity index (χ3n) is 8.85. The second-order valence-electron chi connectivity index (χ2n) is 12.9. The number of benzene rings is 1. The van der Waals surface area contributed by atoms with Gasteiger partial charge in [-0.1, -0.05) is 79.1 Å². The molecule has 5 rings (SSSR count). The van der Waals surface area contributed by atoms with E-state index in [4.69, 9.17) is 0 Å². The monoisotopic (exact) mass is 634 g/mol. The molecule has 4 aliphatic rings. The molecule has 0 aliphatic heterocycles. The second kappa shape index (κ2) is 16.4. The summed E-state index contributed by atoms with van der Waals surface area (Å²) in [5.41, 5.74) is 5.92. The Labute approximate surface area is 258 Å². The molecule has 0 aromatic heterocycles. The topological polar surface area (TPSA) is 0 Å². The van der Waals surface area contributed by atoms with Gasteiger partial charge in [0, 0.05) is 0 Å². The Morgan fingerprint density at radius 2 is 1.22 bits per heavy atom.